The third kappa shape index (κ3) is 4.27. The Morgan fingerprint density at radius 3 is 2.59 bits per heavy atom. The van der Waals surface area contributed by atoms with Crippen LogP contribution < -0.4 is 9.64 Å². The van der Waals surface area contributed by atoms with Crippen molar-refractivity contribution in [2.24, 2.45) is 7.05 Å². The summed E-state index contributed by atoms with van der Waals surface area (Å²) in [5, 5.41) is 15.1. The zero-order valence-corrected chi connectivity index (χ0v) is 14.7. The summed E-state index contributed by atoms with van der Waals surface area (Å²) >= 11 is 0. The fourth-order valence-corrected chi connectivity index (χ4v) is 2.64. The lowest BCUT2D eigenvalue weighted by atomic mass is 10.2. The smallest absolute Gasteiger partial charge is 0.416 e. The maximum absolute atomic E-state index is 12.5. The van der Waals surface area contributed by atoms with Crippen LogP contribution in [0.3, 0.4) is 0 Å². The van der Waals surface area contributed by atoms with E-state index in [4.69, 9.17) is 4.74 Å². The largest absolute Gasteiger partial charge is 0.491 e. The molecule has 0 saturated heterocycles. The number of aryl methyl sites for hydroxylation is 1. The van der Waals surface area contributed by atoms with Crippen LogP contribution in [0.4, 0.5) is 19.0 Å². The van der Waals surface area contributed by atoms with Gasteiger partial charge in [0.05, 0.1) is 17.1 Å². The fourth-order valence-electron chi connectivity index (χ4n) is 2.64. The quantitative estimate of drug-likeness (QED) is 0.706. The molecule has 0 amide bonds. The summed E-state index contributed by atoms with van der Waals surface area (Å²) in [7, 11) is 3.53. The Bertz CT molecular complexity index is 911. The highest BCUT2D eigenvalue weighted by molar-refractivity contribution is 5.86. The standard InChI is InChI=1S/C17H18F3N5O2/c1-24(15-14-7-23-25(2)16(14)22-10-21-15)8-12(26)9-27-13-5-3-11(4-6-13)17(18,19)20/h3-7,10,12,26H,8-9H2,1-2H3/t12-/m0/s1. The number of ether oxygens (including phenoxy) is 1. The number of alkyl halides is 3. The summed E-state index contributed by atoms with van der Waals surface area (Å²) in [6.07, 6.45) is -2.21. The van der Waals surface area contributed by atoms with Gasteiger partial charge in [-0.1, -0.05) is 0 Å². The molecule has 0 bridgehead atoms. The van der Waals surface area contributed by atoms with E-state index in [0.717, 1.165) is 17.5 Å². The first-order valence-corrected chi connectivity index (χ1v) is 8.07. The van der Waals surface area contributed by atoms with Gasteiger partial charge in [0.25, 0.3) is 0 Å². The van der Waals surface area contributed by atoms with E-state index in [1.165, 1.54) is 18.5 Å². The zero-order chi connectivity index (χ0) is 19.6. The molecule has 0 aliphatic rings. The minimum Gasteiger partial charge on any atom is -0.491 e. The maximum Gasteiger partial charge on any atom is 0.416 e. The average Bonchev–Trinajstić information content (AvgIpc) is 3.01. The number of hydrogen-bond acceptors (Lipinski definition) is 6. The van der Waals surface area contributed by atoms with Crippen molar-refractivity contribution in [2.45, 2.75) is 12.3 Å². The van der Waals surface area contributed by atoms with Crippen LogP contribution in [0, 0.1) is 0 Å². The number of benzene rings is 1. The van der Waals surface area contributed by atoms with Crippen LogP contribution in [0.2, 0.25) is 0 Å². The first-order chi connectivity index (χ1) is 12.8. The van der Waals surface area contributed by atoms with E-state index in [1.807, 2.05) is 0 Å². The molecule has 144 valence electrons. The van der Waals surface area contributed by atoms with Crippen molar-refractivity contribution in [2.75, 3.05) is 25.1 Å². The second-order valence-corrected chi connectivity index (χ2v) is 6.07. The van der Waals surface area contributed by atoms with Gasteiger partial charge in [-0.05, 0) is 24.3 Å². The molecule has 10 heteroatoms. The average molecular weight is 381 g/mol. The molecule has 1 atom stereocenters. The van der Waals surface area contributed by atoms with Crippen LogP contribution in [0.1, 0.15) is 5.56 Å². The second kappa shape index (κ2) is 7.39. The Morgan fingerprint density at radius 1 is 1.22 bits per heavy atom. The van der Waals surface area contributed by atoms with Crippen molar-refractivity contribution < 1.29 is 23.0 Å². The van der Waals surface area contributed by atoms with Crippen LogP contribution in [0.25, 0.3) is 11.0 Å². The number of fused-ring (bicyclic) bond motifs is 1. The van der Waals surface area contributed by atoms with Crippen LogP contribution in [-0.2, 0) is 13.2 Å². The molecular weight excluding hydrogens is 363 g/mol. The molecule has 3 rings (SSSR count). The number of rotatable bonds is 6. The highest BCUT2D eigenvalue weighted by Crippen LogP contribution is 2.30. The fraction of sp³-hybridized carbons (Fsp3) is 0.353. The Morgan fingerprint density at radius 2 is 1.93 bits per heavy atom. The SMILES string of the molecule is CN(C[C@H](O)COc1ccc(C(F)(F)F)cc1)c1ncnc2c1cnn2C. The summed E-state index contributed by atoms with van der Waals surface area (Å²) in [5.41, 5.74) is -0.0817. The van der Waals surface area contributed by atoms with Gasteiger partial charge in [0, 0.05) is 20.6 Å². The summed E-state index contributed by atoms with van der Waals surface area (Å²) in [5.74, 6) is 0.864. The van der Waals surface area contributed by atoms with E-state index in [0.29, 0.717) is 11.5 Å². The lowest BCUT2D eigenvalue weighted by molar-refractivity contribution is -0.137. The maximum atomic E-state index is 12.5. The van der Waals surface area contributed by atoms with E-state index in [-0.39, 0.29) is 18.9 Å². The van der Waals surface area contributed by atoms with Gasteiger partial charge < -0.3 is 14.7 Å². The van der Waals surface area contributed by atoms with Crippen molar-refractivity contribution in [3.63, 3.8) is 0 Å². The highest BCUT2D eigenvalue weighted by Gasteiger charge is 2.30. The lowest BCUT2D eigenvalue weighted by Crippen LogP contribution is -2.33. The first kappa shape index (κ1) is 18.9. The molecule has 0 fully saturated rings. The number of halogens is 3. The van der Waals surface area contributed by atoms with Gasteiger partial charge in [0.15, 0.2) is 5.65 Å². The predicted octanol–water partition coefficient (Wildman–Crippen LogP) is 2.26. The Labute approximate surface area is 153 Å². The minimum atomic E-state index is -4.39. The third-order valence-electron chi connectivity index (χ3n) is 3.98. The topological polar surface area (TPSA) is 76.3 Å². The van der Waals surface area contributed by atoms with E-state index in [1.54, 1.807) is 29.9 Å². The van der Waals surface area contributed by atoms with Gasteiger partial charge in [-0.3, -0.25) is 4.68 Å². The van der Waals surface area contributed by atoms with Crippen molar-refractivity contribution in [1.82, 2.24) is 19.7 Å². The third-order valence-corrected chi connectivity index (χ3v) is 3.98. The normalized spacial score (nSPS) is 13.0. The summed E-state index contributed by atoms with van der Waals surface area (Å²) in [6, 6.07) is 4.33. The van der Waals surface area contributed by atoms with Crippen molar-refractivity contribution in [1.29, 1.82) is 0 Å². The summed E-state index contributed by atoms with van der Waals surface area (Å²) in [6.45, 7) is 0.138. The van der Waals surface area contributed by atoms with Crippen molar-refractivity contribution in [3.8, 4) is 5.75 Å². The van der Waals surface area contributed by atoms with E-state index in [9.17, 15) is 18.3 Å². The van der Waals surface area contributed by atoms with E-state index in [2.05, 4.69) is 15.1 Å². The van der Waals surface area contributed by atoms with Gasteiger partial charge in [0.1, 0.15) is 30.6 Å². The summed E-state index contributed by atoms with van der Waals surface area (Å²) < 4.78 is 44.6. The number of anilines is 1. The molecular formula is C17H18F3N5O2. The number of aliphatic hydroxyl groups is 1. The molecule has 0 radical (unpaired) electrons. The van der Waals surface area contributed by atoms with Crippen LogP contribution in [-0.4, -0.2) is 51.2 Å². The summed E-state index contributed by atoms with van der Waals surface area (Å²) in [4.78, 5) is 10.1. The van der Waals surface area contributed by atoms with Crippen molar-refractivity contribution >= 4 is 16.9 Å². The molecule has 2 heterocycles. The monoisotopic (exact) mass is 381 g/mol. The predicted molar refractivity (Wildman–Crippen MR) is 92.5 cm³/mol. The molecule has 1 N–H and O–H groups in total. The van der Waals surface area contributed by atoms with Gasteiger partial charge in [-0.25, -0.2) is 9.97 Å². The number of aromatic nitrogens is 4. The lowest BCUT2D eigenvalue weighted by Gasteiger charge is -2.22. The van der Waals surface area contributed by atoms with E-state index >= 15 is 0 Å². The van der Waals surface area contributed by atoms with Crippen LogP contribution in [0.15, 0.2) is 36.8 Å². The molecule has 27 heavy (non-hydrogen) atoms. The number of aliphatic hydroxyl groups excluding tert-OH is 1. The molecule has 1 aromatic carbocycles. The molecule has 7 nitrogen and oxygen atoms in total. The van der Waals surface area contributed by atoms with Crippen LogP contribution >= 0.6 is 0 Å². The van der Waals surface area contributed by atoms with Crippen molar-refractivity contribution in [3.05, 3.63) is 42.4 Å². The van der Waals surface area contributed by atoms with Crippen LogP contribution in [0.5, 0.6) is 5.75 Å². The highest BCUT2D eigenvalue weighted by atomic mass is 19.4. The first-order valence-electron chi connectivity index (χ1n) is 8.07. The molecule has 0 aliphatic carbocycles. The van der Waals surface area contributed by atoms with Gasteiger partial charge >= 0.3 is 6.18 Å². The molecule has 0 unspecified atom stereocenters. The minimum absolute atomic E-state index is 0.0724. The molecule has 0 spiro atoms. The van der Waals surface area contributed by atoms with Gasteiger partial charge in [-0.15, -0.1) is 0 Å². The molecule has 2 aromatic heterocycles. The molecule has 3 aromatic rings. The second-order valence-electron chi connectivity index (χ2n) is 6.07. The molecule has 0 saturated carbocycles. The van der Waals surface area contributed by atoms with Gasteiger partial charge in [0.2, 0.25) is 0 Å². The Hall–Kier alpha value is -2.88. The number of likely N-dealkylation sites (N-methyl/N-ethyl adjacent to an activating group) is 1. The Kier molecular flexibility index (Phi) is 5.17. The van der Waals surface area contributed by atoms with E-state index < -0.39 is 17.8 Å². The number of hydrogen-bond donors (Lipinski definition) is 1. The molecule has 0 aliphatic heterocycles. The number of nitrogens with zero attached hydrogens (tertiary/aromatic N) is 5. The zero-order valence-electron chi connectivity index (χ0n) is 14.7. The van der Waals surface area contributed by atoms with Gasteiger partial charge in [-0.2, -0.15) is 18.3 Å². The Balaban J connectivity index is 1.59.